The first-order valence-corrected chi connectivity index (χ1v) is 5.92. The number of hydrogen-bond donors (Lipinski definition) is 2. The van der Waals surface area contributed by atoms with Crippen molar-refractivity contribution in [2.75, 3.05) is 26.4 Å². The highest BCUT2D eigenvalue weighted by Gasteiger charge is 2.28. The van der Waals surface area contributed by atoms with Crippen LogP contribution in [0.4, 0.5) is 0 Å². The van der Waals surface area contributed by atoms with Crippen LogP contribution >= 0.6 is 0 Å². The molecule has 5 heteroatoms. The molecule has 1 aromatic rings. The van der Waals surface area contributed by atoms with Gasteiger partial charge in [-0.25, -0.2) is 0 Å². The molecule has 98 valence electrons. The Morgan fingerprint density at radius 2 is 2.33 bits per heavy atom. The number of aryl methyl sites for hydroxylation is 1. The van der Waals surface area contributed by atoms with E-state index in [9.17, 15) is 15.0 Å². The van der Waals surface area contributed by atoms with Gasteiger partial charge in [0.15, 0.2) is 0 Å². The zero-order chi connectivity index (χ0) is 13.1. The molecular weight excluding hydrogens is 234 g/mol. The number of aliphatic hydroxyl groups excluding tert-OH is 1. The number of aromatic hydroxyl groups is 1. The molecule has 1 heterocycles. The van der Waals surface area contributed by atoms with E-state index in [1.807, 2.05) is 0 Å². The van der Waals surface area contributed by atoms with Gasteiger partial charge in [0.1, 0.15) is 5.75 Å². The molecular formula is C13H17NO4. The summed E-state index contributed by atoms with van der Waals surface area (Å²) in [6.45, 7) is 2.99. The standard InChI is InChI=1S/C13H17NO4/c1-9-6-11(16)2-3-12(9)13(17)14-4-5-18-8-10(14)7-15/h2-3,6,10,15-16H,4-5,7-8H2,1H3. The summed E-state index contributed by atoms with van der Waals surface area (Å²) in [7, 11) is 0. The van der Waals surface area contributed by atoms with Gasteiger partial charge in [-0.15, -0.1) is 0 Å². The van der Waals surface area contributed by atoms with Crippen LogP contribution in [0, 0.1) is 6.92 Å². The van der Waals surface area contributed by atoms with Gasteiger partial charge in [0.25, 0.3) is 5.91 Å². The molecule has 18 heavy (non-hydrogen) atoms. The minimum atomic E-state index is -0.292. The molecule has 2 N–H and O–H groups in total. The van der Waals surface area contributed by atoms with Crippen molar-refractivity contribution in [3.63, 3.8) is 0 Å². The van der Waals surface area contributed by atoms with Crippen molar-refractivity contribution in [2.24, 2.45) is 0 Å². The summed E-state index contributed by atoms with van der Waals surface area (Å²) in [6, 6.07) is 4.37. The Hall–Kier alpha value is -1.59. The SMILES string of the molecule is Cc1cc(O)ccc1C(=O)N1CCOCC1CO. The topological polar surface area (TPSA) is 70.0 Å². The van der Waals surface area contributed by atoms with Crippen LogP contribution in [0.25, 0.3) is 0 Å². The third-order valence-corrected chi connectivity index (χ3v) is 3.14. The van der Waals surface area contributed by atoms with Crippen molar-refractivity contribution in [1.82, 2.24) is 4.90 Å². The maximum Gasteiger partial charge on any atom is 0.254 e. The van der Waals surface area contributed by atoms with Crippen LogP contribution in [0.5, 0.6) is 5.75 Å². The third-order valence-electron chi connectivity index (χ3n) is 3.14. The fraction of sp³-hybridized carbons (Fsp3) is 0.462. The summed E-state index contributed by atoms with van der Waals surface area (Å²) in [6.07, 6.45) is 0. The minimum absolute atomic E-state index is 0.108. The van der Waals surface area contributed by atoms with E-state index in [0.717, 1.165) is 5.56 Å². The van der Waals surface area contributed by atoms with Gasteiger partial charge in [-0.1, -0.05) is 0 Å². The lowest BCUT2D eigenvalue weighted by Gasteiger charge is -2.34. The van der Waals surface area contributed by atoms with E-state index in [0.29, 0.717) is 25.3 Å². The van der Waals surface area contributed by atoms with E-state index in [-0.39, 0.29) is 24.3 Å². The lowest BCUT2D eigenvalue weighted by atomic mass is 10.1. The average Bonchev–Trinajstić information content (AvgIpc) is 2.38. The highest BCUT2D eigenvalue weighted by Crippen LogP contribution is 2.19. The Bertz CT molecular complexity index is 447. The summed E-state index contributed by atoms with van der Waals surface area (Å²) in [4.78, 5) is 14.0. The maximum absolute atomic E-state index is 12.4. The number of phenolic OH excluding ortho intramolecular Hbond substituents is 1. The number of aliphatic hydroxyl groups is 1. The number of ether oxygens (including phenoxy) is 1. The normalized spacial score (nSPS) is 19.9. The molecule has 1 amide bonds. The fourth-order valence-electron chi connectivity index (χ4n) is 2.12. The predicted octanol–water partition coefficient (Wildman–Crippen LogP) is 0.534. The third kappa shape index (κ3) is 2.47. The van der Waals surface area contributed by atoms with Gasteiger partial charge in [0, 0.05) is 12.1 Å². The lowest BCUT2D eigenvalue weighted by Crippen LogP contribution is -2.50. The summed E-state index contributed by atoms with van der Waals surface area (Å²) in [5.74, 6) is 0.0135. The van der Waals surface area contributed by atoms with Gasteiger partial charge in [-0.05, 0) is 30.7 Å². The largest absolute Gasteiger partial charge is 0.508 e. The molecule has 0 aliphatic carbocycles. The van der Waals surface area contributed by atoms with E-state index in [2.05, 4.69) is 0 Å². The monoisotopic (exact) mass is 251 g/mol. The summed E-state index contributed by atoms with van der Waals surface area (Å²) >= 11 is 0. The van der Waals surface area contributed by atoms with Crippen LogP contribution in [0.2, 0.25) is 0 Å². The van der Waals surface area contributed by atoms with E-state index in [1.165, 1.54) is 6.07 Å². The molecule has 1 unspecified atom stereocenters. The molecule has 5 nitrogen and oxygen atoms in total. The number of benzene rings is 1. The molecule has 0 aromatic heterocycles. The Balaban J connectivity index is 2.24. The Labute approximate surface area is 106 Å². The van der Waals surface area contributed by atoms with Crippen molar-refractivity contribution >= 4 is 5.91 Å². The molecule has 0 saturated carbocycles. The molecule has 0 radical (unpaired) electrons. The molecule has 0 bridgehead atoms. The Kier molecular flexibility index (Phi) is 3.84. The molecule has 0 spiro atoms. The second-order valence-electron chi connectivity index (χ2n) is 4.41. The molecule has 2 rings (SSSR count). The minimum Gasteiger partial charge on any atom is -0.508 e. The average molecular weight is 251 g/mol. The lowest BCUT2D eigenvalue weighted by molar-refractivity contribution is -0.0184. The second-order valence-corrected chi connectivity index (χ2v) is 4.41. The number of carbonyl (C=O) groups excluding carboxylic acids is 1. The van der Waals surface area contributed by atoms with Gasteiger partial charge in [0.05, 0.1) is 25.9 Å². The van der Waals surface area contributed by atoms with Crippen LogP contribution < -0.4 is 0 Å². The van der Waals surface area contributed by atoms with E-state index in [1.54, 1.807) is 24.0 Å². The highest BCUT2D eigenvalue weighted by molar-refractivity contribution is 5.96. The number of phenols is 1. The first kappa shape index (κ1) is 12.9. The smallest absolute Gasteiger partial charge is 0.254 e. The number of carbonyl (C=O) groups is 1. The van der Waals surface area contributed by atoms with Crippen molar-refractivity contribution < 1.29 is 19.7 Å². The molecule has 1 saturated heterocycles. The zero-order valence-electron chi connectivity index (χ0n) is 10.3. The summed E-state index contributed by atoms with van der Waals surface area (Å²) < 4.78 is 5.24. The molecule has 1 aliphatic rings. The van der Waals surface area contributed by atoms with Crippen molar-refractivity contribution in [3.05, 3.63) is 29.3 Å². The first-order valence-electron chi connectivity index (χ1n) is 5.92. The van der Waals surface area contributed by atoms with Crippen LogP contribution in [0.3, 0.4) is 0 Å². The molecule has 1 aliphatic heterocycles. The van der Waals surface area contributed by atoms with E-state index in [4.69, 9.17) is 4.74 Å². The van der Waals surface area contributed by atoms with Crippen LogP contribution in [0.1, 0.15) is 15.9 Å². The number of hydrogen-bond acceptors (Lipinski definition) is 4. The van der Waals surface area contributed by atoms with Crippen molar-refractivity contribution in [1.29, 1.82) is 0 Å². The van der Waals surface area contributed by atoms with E-state index >= 15 is 0 Å². The highest BCUT2D eigenvalue weighted by atomic mass is 16.5. The fourth-order valence-corrected chi connectivity index (χ4v) is 2.12. The molecule has 1 atom stereocenters. The second kappa shape index (κ2) is 5.37. The maximum atomic E-state index is 12.4. The van der Waals surface area contributed by atoms with Crippen LogP contribution in [0.15, 0.2) is 18.2 Å². The first-order chi connectivity index (χ1) is 8.63. The van der Waals surface area contributed by atoms with Crippen LogP contribution in [-0.4, -0.2) is 53.4 Å². The van der Waals surface area contributed by atoms with Crippen molar-refractivity contribution in [2.45, 2.75) is 13.0 Å². The van der Waals surface area contributed by atoms with Gasteiger partial charge >= 0.3 is 0 Å². The van der Waals surface area contributed by atoms with Gasteiger partial charge in [-0.3, -0.25) is 4.79 Å². The Morgan fingerprint density at radius 3 is 3.00 bits per heavy atom. The Morgan fingerprint density at radius 1 is 1.56 bits per heavy atom. The molecule has 1 fully saturated rings. The number of morpholine rings is 1. The van der Waals surface area contributed by atoms with Crippen molar-refractivity contribution in [3.8, 4) is 5.75 Å². The summed E-state index contributed by atoms with van der Waals surface area (Å²) in [5, 5.41) is 18.6. The van der Waals surface area contributed by atoms with Gasteiger partial charge in [-0.2, -0.15) is 0 Å². The quantitative estimate of drug-likeness (QED) is 0.804. The number of amides is 1. The summed E-state index contributed by atoms with van der Waals surface area (Å²) in [5.41, 5.74) is 1.27. The predicted molar refractivity (Wildman–Crippen MR) is 65.6 cm³/mol. The van der Waals surface area contributed by atoms with Gasteiger partial charge < -0.3 is 19.8 Å². The van der Waals surface area contributed by atoms with Gasteiger partial charge in [0.2, 0.25) is 0 Å². The zero-order valence-corrected chi connectivity index (χ0v) is 10.3. The van der Waals surface area contributed by atoms with Crippen LogP contribution in [-0.2, 0) is 4.74 Å². The number of rotatable bonds is 2. The molecule has 1 aromatic carbocycles. The van der Waals surface area contributed by atoms with E-state index < -0.39 is 0 Å². The number of nitrogens with zero attached hydrogens (tertiary/aromatic N) is 1.